The van der Waals surface area contributed by atoms with Gasteiger partial charge in [-0.1, -0.05) is 56.9 Å². The van der Waals surface area contributed by atoms with Crippen molar-refractivity contribution in [1.29, 1.82) is 0 Å². The smallest absolute Gasteiger partial charge is 0.247 e. The van der Waals surface area contributed by atoms with Crippen molar-refractivity contribution in [3.8, 4) is 17.0 Å². The summed E-state index contributed by atoms with van der Waals surface area (Å²) in [6.07, 6.45) is 14.0. The minimum atomic E-state index is -0.286. The standard InChI is InChI=1S/C36H47N7O2/c1-6-34(44)39-31-23-27(38-36-37-19-18-30(40-36)29-25-43(5)32-17-10-9-16-28(29)32)24-33(35(31)42(4)21-20-41(2)3)45-22-12-11-15-26-13-7-8-14-26/h6,9-10,16-19,23-26H,1,7-8,11-15,20-22H2,2-5H3,(H,39,44)(H,37,38,40). The molecular formula is C36H47N7O2. The number of nitrogens with zero attached hydrogens (tertiary/aromatic N) is 5. The van der Waals surface area contributed by atoms with E-state index in [0.717, 1.165) is 65.4 Å². The Kier molecular flexibility index (Phi) is 10.7. The van der Waals surface area contributed by atoms with Gasteiger partial charge in [0.15, 0.2) is 0 Å². The molecule has 5 rings (SSSR count). The lowest BCUT2D eigenvalue weighted by molar-refractivity contribution is -0.111. The summed E-state index contributed by atoms with van der Waals surface area (Å²) in [5, 5.41) is 7.53. The fourth-order valence-electron chi connectivity index (χ4n) is 6.18. The zero-order valence-electron chi connectivity index (χ0n) is 27.2. The second kappa shape index (κ2) is 15.1. The molecule has 2 aromatic carbocycles. The van der Waals surface area contributed by atoms with Gasteiger partial charge in [-0.05, 0) is 57.1 Å². The molecule has 0 saturated heterocycles. The summed E-state index contributed by atoms with van der Waals surface area (Å²) in [5.74, 6) is 1.74. The maximum Gasteiger partial charge on any atom is 0.247 e. The van der Waals surface area contributed by atoms with Crippen molar-refractivity contribution in [2.24, 2.45) is 13.0 Å². The number of para-hydroxylation sites is 1. The van der Waals surface area contributed by atoms with Gasteiger partial charge in [0, 0.05) is 67.8 Å². The van der Waals surface area contributed by atoms with E-state index in [0.29, 0.717) is 24.0 Å². The SMILES string of the molecule is C=CC(=O)Nc1cc(Nc2nccc(-c3cn(C)c4ccccc34)n2)cc(OCCCCC2CCCC2)c1N(C)CCN(C)C. The van der Waals surface area contributed by atoms with Gasteiger partial charge in [0.05, 0.1) is 18.0 Å². The summed E-state index contributed by atoms with van der Waals surface area (Å²) in [6.45, 7) is 5.87. The Bertz CT molecular complexity index is 1610. The van der Waals surface area contributed by atoms with Gasteiger partial charge in [0.1, 0.15) is 11.4 Å². The van der Waals surface area contributed by atoms with Crippen LogP contribution in [0.3, 0.4) is 0 Å². The number of rotatable bonds is 15. The highest BCUT2D eigenvalue weighted by molar-refractivity contribution is 6.02. The average Bonchev–Trinajstić information content (AvgIpc) is 3.67. The molecule has 0 unspecified atom stereocenters. The molecule has 0 atom stereocenters. The summed E-state index contributed by atoms with van der Waals surface area (Å²) in [6, 6.07) is 14.1. The molecule has 9 nitrogen and oxygen atoms in total. The Hall–Kier alpha value is -4.37. The third kappa shape index (κ3) is 8.22. The molecule has 9 heteroatoms. The van der Waals surface area contributed by atoms with Crippen LogP contribution in [0.1, 0.15) is 44.9 Å². The first kappa shape index (κ1) is 32.0. The lowest BCUT2D eigenvalue weighted by Crippen LogP contribution is -2.29. The highest BCUT2D eigenvalue weighted by Crippen LogP contribution is 2.40. The molecule has 1 fully saturated rings. The normalized spacial score (nSPS) is 13.4. The molecule has 0 aliphatic heterocycles. The fourth-order valence-corrected chi connectivity index (χ4v) is 6.18. The molecule has 0 spiro atoms. The zero-order chi connectivity index (χ0) is 31.8. The molecular weight excluding hydrogens is 562 g/mol. The second-order valence-electron chi connectivity index (χ2n) is 12.3. The van der Waals surface area contributed by atoms with Crippen LogP contribution in [0.15, 0.2) is 67.5 Å². The van der Waals surface area contributed by atoms with E-state index >= 15 is 0 Å². The minimum absolute atomic E-state index is 0.286. The molecule has 2 aromatic heterocycles. The number of ether oxygens (including phenoxy) is 1. The maximum absolute atomic E-state index is 12.6. The topological polar surface area (TPSA) is 87.5 Å². The number of carbonyl (C=O) groups excluding carboxylic acids is 1. The molecule has 2 heterocycles. The van der Waals surface area contributed by atoms with Gasteiger partial charge in [-0.15, -0.1) is 0 Å². The summed E-state index contributed by atoms with van der Waals surface area (Å²) in [5.41, 5.74) is 5.19. The predicted molar refractivity (Wildman–Crippen MR) is 186 cm³/mol. The number of fused-ring (bicyclic) bond motifs is 1. The number of aryl methyl sites for hydroxylation is 1. The number of unbranched alkanes of at least 4 members (excludes halogenated alkanes) is 1. The quantitative estimate of drug-likeness (QED) is 0.109. The molecule has 2 N–H and O–H groups in total. The first-order valence-electron chi connectivity index (χ1n) is 16.1. The molecule has 1 amide bonds. The van der Waals surface area contributed by atoms with Crippen molar-refractivity contribution in [2.45, 2.75) is 44.9 Å². The van der Waals surface area contributed by atoms with E-state index in [1.54, 1.807) is 6.20 Å². The third-order valence-electron chi connectivity index (χ3n) is 8.61. The Balaban J connectivity index is 1.44. The Morgan fingerprint density at radius 3 is 2.69 bits per heavy atom. The van der Waals surface area contributed by atoms with Gasteiger partial charge in [-0.3, -0.25) is 4.79 Å². The summed E-state index contributed by atoms with van der Waals surface area (Å²) in [7, 11) is 8.17. The summed E-state index contributed by atoms with van der Waals surface area (Å²) in [4.78, 5) is 26.3. The van der Waals surface area contributed by atoms with E-state index in [-0.39, 0.29) is 5.91 Å². The van der Waals surface area contributed by atoms with Crippen LogP contribution < -0.4 is 20.3 Å². The van der Waals surface area contributed by atoms with Crippen molar-refractivity contribution in [3.63, 3.8) is 0 Å². The highest BCUT2D eigenvalue weighted by atomic mass is 16.5. The maximum atomic E-state index is 12.6. The lowest BCUT2D eigenvalue weighted by Gasteiger charge is -2.27. The number of anilines is 4. The molecule has 238 valence electrons. The van der Waals surface area contributed by atoms with Gasteiger partial charge in [-0.2, -0.15) is 0 Å². The summed E-state index contributed by atoms with van der Waals surface area (Å²) >= 11 is 0. The van der Waals surface area contributed by atoms with Crippen molar-refractivity contribution < 1.29 is 9.53 Å². The molecule has 1 aliphatic rings. The van der Waals surface area contributed by atoms with Crippen LogP contribution in [0.2, 0.25) is 0 Å². The van der Waals surface area contributed by atoms with Crippen molar-refractivity contribution >= 4 is 39.8 Å². The molecule has 45 heavy (non-hydrogen) atoms. The van der Waals surface area contributed by atoms with Crippen LogP contribution in [0.4, 0.5) is 23.0 Å². The van der Waals surface area contributed by atoms with Gasteiger partial charge in [0.25, 0.3) is 0 Å². The summed E-state index contributed by atoms with van der Waals surface area (Å²) < 4.78 is 8.60. The van der Waals surface area contributed by atoms with Gasteiger partial charge < -0.3 is 29.7 Å². The minimum Gasteiger partial charge on any atom is -0.491 e. The number of hydrogen-bond acceptors (Lipinski definition) is 7. The van der Waals surface area contributed by atoms with Crippen molar-refractivity contribution in [1.82, 2.24) is 19.4 Å². The molecule has 4 aromatic rings. The van der Waals surface area contributed by atoms with Crippen LogP contribution in [0.25, 0.3) is 22.2 Å². The van der Waals surface area contributed by atoms with Gasteiger partial charge in [-0.25, -0.2) is 9.97 Å². The molecule has 0 radical (unpaired) electrons. The van der Waals surface area contributed by atoms with Gasteiger partial charge >= 0.3 is 0 Å². The number of benzene rings is 2. The Morgan fingerprint density at radius 2 is 1.91 bits per heavy atom. The van der Waals surface area contributed by atoms with Gasteiger partial charge in [0.2, 0.25) is 11.9 Å². The third-order valence-corrected chi connectivity index (χ3v) is 8.61. The zero-order valence-corrected chi connectivity index (χ0v) is 27.2. The van der Waals surface area contributed by atoms with Crippen LogP contribution in [-0.4, -0.2) is 66.2 Å². The van der Waals surface area contributed by atoms with E-state index in [1.807, 2.05) is 44.4 Å². The van der Waals surface area contributed by atoms with Crippen LogP contribution in [0, 0.1) is 5.92 Å². The van der Waals surface area contributed by atoms with Crippen molar-refractivity contribution in [3.05, 3.63) is 67.5 Å². The van der Waals surface area contributed by atoms with Crippen LogP contribution in [0.5, 0.6) is 5.75 Å². The fraction of sp³-hybridized carbons (Fsp3) is 0.417. The van der Waals surface area contributed by atoms with Crippen LogP contribution in [-0.2, 0) is 11.8 Å². The number of nitrogens with one attached hydrogen (secondary N) is 2. The largest absolute Gasteiger partial charge is 0.491 e. The van der Waals surface area contributed by atoms with E-state index in [2.05, 4.69) is 69.0 Å². The predicted octanol–water partition coefficient (Wildman–Crippen LogP) is 7.24. The second-order valence-corrected chi connectivity index (χ2v) is 12.3. The van der Waals surface area contributed by atoms with E-state index in [1.165, 1.54) is 38.2 Å². The molecule has 1 saturated carbocycles. The monoisotopic (exact) mass is 609 g/mol. The van der Waals surface area contributed by atoms with E-state index in [4.69, 9.17) is 9.72 Å². The Morgan fingerprint density at radius 1 is 1.11 bits per heavy atom. The number of aromatic nitrogens is 3. The number of carbonyl (C=O) groups is 1. The van der Waals surface area contributed by atoms with Crippen LogP contribution >= 0.6 is 0 Å². The van der Waals surface area contributed by atoms with Crippen molar-refractivity contribution in [2.75, 3.05) is 56.4 Å². The van der Waals surface area contributed by atoms with E-state index < -0.39 is 0 Å². The number of hydrogen-bond donors (Lipinski definition) is 2. The average molecular weight is 610 g/mol. The number of amides is 1. The number of likely N-dealkylation sites (N-methyl/N-ethyl adjacent to an activating group) is 2. The Labute approximate surface area is 267 Å². The molecule has 1 aliphatic carbocycles. The molecule has 0 bridgehead atoms. The highest BCUT2D eigenvalue weighted by Gasteiger charge is 2.20. The first-order valence-corrected chi connectivity index (χ1v) is 16.1. The van der Waals surface area contributed by atoms with E-state index in [9.17, 15) is 4.79 Å². The first-order chi connectivity index (χ1) is 21.8. The lowest BCUT2D eigenvalue weighted by atomic mass is 10.0.